The third-order valence-corrected chi connectivity index (χ3v) is 5.61. The molecule has 9 heteroatoms. The molecule has 7 nitrogen and oxygen atoms in total. The quantitative estimate of drug-likeness (QED) is 0.449. The first-order valence-corrected chi connectivity index (χ1v) is 11.3. The van der Waals surface area contributed by atoms with Gasteiger partial charge in [-0.1, -0.05) is 46.3 Å². The maximum atomic E-state index is 12.9. The minimum atomic E-state index is -3.84. The number of nitrogens with two attached hydrogens (primary N) is 1. The van der Waals surface area contributed by atoms with E-state index < -0.39 is 21.8 Å². The van der Waals surface area contributed by atoms with E-state index in [1.807, 2.05) is 12.1 Å². The normalized spacial score (nSPS) is 11.6. The molecule has 31 heavy (non-hydrogen) atoms. The second-order valence-electron chi connectivity index (χ2n) is 6.45. The number of halogens is 1. The number of hydrogen-bond donors (Lipinski definition) is 3. The Labute approximate surface area is 188 Å². The molecular weight excluding hydrogens is 482 g/mol. The molecule has 2 amide bonds. The third-order valence-electron chi connectivity index (χ3n) is 4.15. The van der Waals surface area contributed by atoms with Crippen molar-refractivity contribution in [1.29, 1.82) is 0 Å². The molecule has 0 aliphatic carbocycles. The van der Waals surface area contributed by atoms with Gasteiger partial charge in [0.15, 0.2) is 0 Å². The molecule has 3 aromatic rings. The fraction of sp³-hybridized carbons (Fsp3) is 0. The van der Waals surface area contributed by atoms with Crippen LogP contribution in [0.15, 0.2) is 93.9 Å². The molecular formula is C22H18BrN3O4S. The summed E-state index contributed by atoms with van der Waals surface area (Å²) in [6.45, 7) is 0. The summed E-state index contributed by atoms with van der Waals surface area (Å²) in [7, 11) is -3.84. The highest BCUT2D eigenvalue weighted by Gasteiger charge is 2.15. The first-order valence-electron chi connectivity index (χ1n) is 9.00. The molecule has 0 bridgehead atoms. The number of primary sulfonamides is 1. The molecule has 0 saturated carbocycles. The Balaban J connectivity index is 1.86. The van der Waals surface area contributed by atoms with Gasteiger partial charge in [-0.25, -0.2) is 13.6 Å². The Kier molecular flexibility index (Phi) is 7.01. The summed E-state index contributed by atoms with van der Waals surface area (Å²) in [6, 6.07) is 21.1. The molecule has 0 saturated heterocycles. The first kappa shape index (κ1) is 22.4. The van der Waals surface area contributed by atoms with Crippen LogP contribution in [-0.4, -0.2) is 20.2 Å². The van der Waals surface area contributed by atoms with Crippen LogP contribution in [-0.2, 0) is 14.8 Å². The fourth-order valence-corrected chi connectivity index (χ4v) is 3.37. The molecule has 0 spiro atoms. The lowest BCUT2D eigenvalue weighted by molar-refractivity contribution is -0.113. The topological polar surface area (TPSA) is 118 Å². The Morgan fingerprint density at radius 2 is 1.48 bits per heavy atom. The van der Waals surface area contributed by atoms with Crippen molar-refractivity contribution in [2.75, 3.05) is 5.32 Å². The maximum Gasteiger partial charge on any atom is 0.272 e. The van der Waals surface area contributed by atoms with Gasteiger partial charge >= 0.3 is 0 Å². The molecule has 3 rings (SSSR count). The predicted octanol–water partition coefficient (Wildman–Crippen LogP) is 3.51. The third kappa shape index (κ3) is 6.35. The van der Waals surface area contributed by atoms with Gasteiger partial charge in [-0.3, -0.25) is 9.59 Å². The molecule has 0 aliphatic heterocycles. The van der Waals surface area contributed by atoms with Crippen molar-refractivity contribution in [1.82, 2.24) is 5.32 Å². The Hall–Kier alpha value is -3.27. The number of rotatable bonds is 6. The Morgan fingerprint density at radius 3 is 2.06 bits per heavy atom. The Morgan fingerprint density at radius 1 is 0.871 bits per heavy atom. The number of carbonyl (C=O) groups is 2. The summed E-state index contributed by atoms with van der Waals surface area (Å²) in [5, 5.41) is 10.4. The summed E-state index contributed by atoms with van der Waals surface area (Å²) in [5.41, 5.74) is 1.46. The molecule has 0 heterocycles. The van der Waals surface area contributed by atoms with E-state index in [2.05, 4.69) is 26.6 Å². The van der Waals surface area contributed by atoms with Crippen LogP contribution in [0.2, 0.25) is 0 Å². The minimum absolute atomic E-state index is 0.0201. The van der Waals surface area contributed by atoms with Crippen molar-refractivity contribution in [3.63, 3.8) is 0 Å². The van der Waals surface area contributed by atoms with Crippen LogP contribution in [0.5, 0.6) is 0 Å². The zero-order valence-electron chi connectivity index (χ0n) is 16.1. The number of amides is 2. The summed E-state index contributed by atoms with van der Waals surface area (Å²) >= 11 is 3.35. The van der Waals surface area contributed by atoms with Crippen LogP contribution in [0, 0.1) is 0 Å². The minimum Gasteiger partial charge on any atom is -0.321 e. The van der Waals surface area contributed by atoms with Crippen LogP contribution in [0.25, 0.3) is 6.08 Å². The van der Waals surface area contributed by atoms with E-state index in [4.69, 9.17) is 5.14 Å². The van der Waals surface area contributed by atoms with Crippen molar-refractivity contribution in [3.8, 4) is 0 Å². The number of benzene rings is 3. The number of nitrogens with one attached hydrogen (secondary N) is 2. The zero-order valence-corrected chi connectivity index (χ0v) is 18.5. The van der Waals surface area contributed by atoms with E-state index >= 15 is 0 Å². The van der Waals surface area contributed by atoms with Crippen LogP contribution in [0.1, 0.15) is 15.9 Å². The summed E-state index contributed by atoms with van der Waals surface area (Å²) < 4.78 is 23.7. The van der Waals surface area contributed by atoms with Crippen LogP contribution in [0.4, 0.5) is 5.69 Å². The predicted molar refractivity (Wildman–Crippen MR) is 122 cm³/mol. The number of carbonyl (C=O) groups excluding carboxylic acids is 2. The van der Waals surface area contributed by atoms with E-state index in [-0.39, 0.29) is 10.6 Å². The van der Waals surface area contributed by atoms with Crippen LogP contribution >= 0.6 is 15.9 Å². The molecule has 0 fully saturated rings. The molecule has 0 unspecified atom stereocenters. The number of anilines is 1. The SMILES string of the molecule is NS(=O)(=O)c1ccc(NC(=O)/C(=C/c2ccc(Br)cc2)NC(=O)c2ccccc2)cc1. The van der Waals surface area contributed by atoms with Gasteiger partial charge in [0.05, 0.1) is 4.90 Å². The molecule has 0 aliphatic rings. The van der Waals surface area contributed by atoms with Gasteiger partial charge in [0.25, 0.3) is 11.8 Å². The largest absolute Gasteiger partial charge is 0.321 e. The standard InChI is InChI=1S/C22H18BrN3O4S/c23-17-8-6-15(7-9-17)14-20(26-21(27)16-4-2-1-3-5-16)22(28)25-18-10-12-19(13-11-18)31(24,29)30/h1-14H,(H,25,28)(H,26,27)(H2,24,29,30)/b20-14-. The van der Waals surface area contributed by atoms with E-state index in [9.17, 15) is 18.0 Å². The molecule has 0 atom stereocenters. The van der Waals surface area contributed by atoms with E-state index in [1.165, 1.54) is 24.3 Å². The highest BCUT2D eigenvalue weighted by atomic mass is 79.9. The van der Waals surface area contributed by atoms with Gasteiger partial charge in [-0.05, 0) is 60.2 Å². The fourth-order valence-electron chi connectivity index (χ4n) is 2.59. The number of sulfonamides is 1. The zero-order chi connectivity index (χ0) is 22.4. The van der Waals surface area contributed by atoms with Gasteiger partial charge in [-0.2, -0.15) is 0 Å². The monoisotopic (exact) mass is 499 g/mol. The van der Waals surface area contributed by atoms with Crippen molar-refractivity contribution in [2.24, 2.45) is 5.14 Å². The maximum absolute atomic E-state index is 12.9. The lowest BCUT2D eigenvalue weighted by atomic mass is 10.1. The lowest BCUT2D eigenvalue weighted by Crippen LogP contribution is -2.30. The highest BCUT2D eigenvalue weighted by Crippen LogP contribution is 2.16. The van der Waals surface area contributed by atoms with Crippen molar-refractivity contribution in [3.05, 3.63) is 100 Å². The molecule has 0 aromatic heterocycles. The van der Waals surface area contributed by atoms with E-state index in [1.54, 1.807) is 48.5 Å². The molecule has 4 N–H and O–H groups in total. The van der Waals surface area contributed by atoms with Crippen LogP contribution in [0.3, 0.4) is 0 Å². The average molecular weight is 500 g/mol. The second-order valence-corrected chi connectivity index (χ2v) is 8.93. The van der Waals surface area contributed by atoms with E-state index in [0.29, 0.717) is 16.8 Å². The molecule has 158 valence electrons. The summed E-state index contributed by atoms with van der Waals surface area (Å²) in [4.78, 5) is 25.4. The average Bonchev–Trinajstić information content (AvgIpc) is 2.75. The van der Waals surface area contributed by atoms with E-state index in [0.717, 1.165) is 4.47 Å². The number of hydrogen-bond acceptors (Lipinski definition) is 4. The summed E-state index contributed by atoms with van der Waals surface area (Å²) in [6.07, 6.45) is 1.54. The smallest absolute Gasteiger partial charge is 0.272 e. The second kappa shape index (κ2) is 9.69. The van der Waals surface area contributed by atoms with Crippen LogP contribution < -0.4 is 15.8 Å². The Bertz CT molecular complexity index is 1220. The molecule has 0 radical (unpaired) electrons. The van der Waals surface area contributed by atoms with Gasteiger partial charge in [0.2, 0.25) is 10.0 Å². The lowest BCUT2D eigenvalue weighted by Gasteiger charge is -2.12. The summed E-state index contributed by atoms with van der Waals surface area (Å²) in [5.74, 6) is -1.01. The van der Waals surface area contributed by atoms with Crippen molar-refractivity contribution in [2.45, 2.75) is 4.90 Å². The molecule has 3 aromatic carbocycles. The van der Waals surface area contributed by atoms with Gasteiger partial charge in [0.1, 0.15) is 5.70 Å². The van der Waals surface area contributed by atoms with Crippen molar-refractivity contribution >= 4 is 49.5 Å². The van der Waals surface area contributed by atoms with Crippen molar-refractivity contribution < 1.29 is 18.0 Å². The van der Waals surface area contributed by atoms with Gasteiger partial charge in [0, 0.05) is 15.7 Å². The van der Waals surface area contributed by atoms with Gasteiger partial charge in [-0.15, -0.1) is 0 Å². The highest BCUT2D eigenvalue weighted by molar-refractivity contribution is 9.10. The first-order chi connectivity index (χ1) is 14.7. The van der Waals surface area contributed by atoms with Gasteiger partial charge < -0.3 is 10.6 Å².